The molecule has 0 unspecified atom stereocenters. The summed E-state index contributed by atoms with van der Waals surface area (Å²) in [4.78, 5) is 0. The van der Waals surface area contributed by atoms with Crippen LogP contribution in [-0.2, 0) is 11.6 Å². The normalized spacial score (nSPS) is 19.2. The van der Waals surface area contributed by atoms with E-state index in [-0.39, 0.29) is 0 Å². The van der Waals surface area contributed by atoms with Gasteiger partial charge in [-0.3, -0.25) is 0 Å². The number of benzene rings is 1. The molecule has 2 rings (SSSR count). The van der Waals surface area contributed by atoms with Gasteiger partial charge in [0.15, 0.2) is 0 Å². The van der Waals surface area contributed by atoms with Gasteiger partial charge in [-0.25, -0.2) is 0 Å². The van der Waals surface area contributed by atoms with Crippen LogP contribution in [0.5, 0.6) is 0 Å². The van der Waals surface area contributed by atoms with Crippen molar-refractivity contribution in [2.45, 2.75) is 43.7 Å². The zero-order chi connectivity index (χ0) is 13.2. The molecule has 1 aliphatic rings. The number of nitriles is 1. The van der Waals surface area contributed by atoms with Gasteiger partial charge in [-0.1, -0.05) is 31.4 Å². The van der Waals surface area contributed by atoms with Crippen molar-refractivity contribution in [1.29, 1.82) is 5.26 Å². The van der Waals surface area contributed by atoms with Crippen LogP contribution < -0.4 is 0 Å². The summed E-state index contributed by atoms with van der Waals surface area (Å²) in [7, 11) is 0. The molecule has 0 bridgehead atoms. The second-order valence-corrected chi connectivity index (χ2v) is 4.83. The van der Waals surface area contributed by atoms with Crippen molar-refractivity contribution >= 4 is 0 Å². The molecule has 1 fully saturated rings. The molecule has 0 aliphatic heterocycles. The molecule has 96 valence electrons. The van der Waals surface area contributed by atoms with E-state index in [9.17, 15) is 18.4 Å². The van der Waals surface area contributed by atoms with Crippen LogP contribution in [0.15, 0.2) is 24.3 Å². The van der Waals surface area contributed by atoms with Crippen LogP contribution in [0.1, 0.15) is 43.2 Å². The Morgan fingerprint density at radius 3 is 2.00 bits per heavy atom. The van der Waals surface area contributed by atoms with Crippen molar-refractivity contribution in [1.82, 2.24) is 0 Å². The summed E-state index contributed by atoms with van der Waals surface area (Å²) in [6.45, 7) is 0. The summed E-state index contributed by atoms with van der Waals surface area (Å²) < 4.78 is 37.4. The molecule has 1 aromatic rings. The van der Waals surface area contributed by atoms with E-state index in [1.54, 1.807) is 0 Å². The minimum absolute atomic E-state index is 0.581. The number of hydrogen-bond acceptors (Lipinski definition) is 1. The Kier molecular flexibility index (Phi) is 3.34. The van der Waals surface area contributed by atoms with E-state index >= 15 is 0 Å². The maximum Gasteiger partial charge on any atom is 0.416 e. The zero-order valence-electron chi connectivity index (χ0n) is 9.93. The van der Waals surface area contributed by atoms with Crippen LogP contribution in [0.25, 0.3) is 0 Å². The van der Waals surface area contributed by atoms with Crippen LogP contribution in [0.4, 0.5) is 13.2 Å². The van der Waals surface area contributed by atoms with E-state index < -0.39 is 17.2 Å². The third-order valence-electron chi connectivity index (χ3n) is 3.69. The second-order valence-electron chi connectivity index (χ2n) is 4.83. The number of rotatable bonds is 1. The molecule has 1 aromatic carbocycles. The molecule has 0 radical (unpaired) electrons. The average molecular weight is 253 g/mol. The molecule has 0 spiro atoms. The Hall–Kier alpha value is -1.50. The monoisotopic (exact) mass is 253 g/mol. The lowest BCUT2D eigenvalue weighted by Gasteiger charge is -2.31. The SMILES string of the molecule is N#CC1(c2ccc(C(F)(F)F)cc2)CCCCC1. The first-order chi connectivity index (χ1) is 8.48. The number of alkyl halides is 3. The fourth-order valence-electron chi connectivity index (χ4n) is 2.60. The van der Waals surface area contributed by atoms with Gasteiger partial charge in [-0.15, -0.1) is 0 Å². The first-order valence-corrected chi connectivity index (χ1v) is 6.07. The molecule has 1 saturated carbocycles. The minimum Gasteiger partial charge on any atom is -0.197 e. The molecule has 0 aromatic heterocycles. The van der Waals surface area contributed by atoms with Gasteiger partial charge in [-0.05, 0) is 30.5 Å². The van der Waals surface area contributed by atoms with Crippen LogP contribution in [-0.4, -0.2) is 0 Å². The Balaban J connectivity index is 2.31. The molecule has 1 nitrogen and oxygen atoms in total. The fourth-order valence-corrected chi connectivity index (χ4v) is 2.60. The van der Waals surface area contributed by atoms with Crippen molar-refractivity contribution in [3.05, 3.63) is 35.4 Å². The first kappa shape index (κ1) is 12.9. The van der Waals surface area contributed by atoms with Gasteiger partial charge in [0, 0.05) is 0 Å². The van der Waals surface area contributed by atoms with E-state index in [1.807, 2.05) is 0 Å². The number of nitrogens with zero attached hydrogens (tertiary/aromatic N) is 1. The van der Waals surface area contributed by atoms with Gasteiger partial charge in [0.2, 0.25) is 0 Å². The van der Waals surface area contributed by atoms with Gasteiger partial charge < -0.3 is 0 Å². The lowest BCUT2D eigenvalue weighted by molar-refractivity contribution is -0.137. The van der Waals surface area contributed by atoms with E-state index in [4.69, 9.17) is 0 Å². The lowest BCUT2D eigenvalue weighted by atomic mass is 9.70. The van der Waals surface area contributed by atoms with E-state index in [0.29, 0.717) is 0 Å². The van der Waals surface area contributed by atoms with Gasteiger partial charge >= 0.3 is 6.18 Å². The summed E-state index contributed by atoms with van der Waals surface area (Å²) in [6, 6.07) is 7.37. The molecule has 0 saturated heterocycles. The standard InChI is InChI=1S/C14H14F3N/c15-14(16,17)12-6-4-11(5-7-12)13(10-18)8-2-1-3-9-13/h4-7H,1-3,8-9H2. The molecular weight excluding hydrogens is 239 g/mol. The average Bonchev–Trinajstić information content (AvgIpc) is 2.39. The third kappa shape index (κ3) is 2.35. The Bertz CT molecular complexity index is 447. The second kappa shape index (κ2) is 4.64. The Labute approximate surface area is 104 Å². The summed E-state index contributed by atoms with van der Waals surface area (Å²) in [5.74, 6) is 0. The molecule has 1 aliphatic carbocycles. The van der Waals surface area contributed by atoms with Crippen LogP contribution in [0.3, 0.4) is 0 Å². The summed E-state index contributed by atoms with van der Waals surface area (Å²) in [5.41, 5.74) is -0.518. The quantitative estimate of drug-likeness (QED) is 0.726. The predicted molar refractivity (Wildman–Crippen MR) is 61.8 cm³/mol. The number of hydrogen-bond donors (Lipinski definition) is 0. The van der Waals surface area contributed by atoms with Gasteiger partial charge in [0.1, 0.15) is 0 Å². The molecule has 18 heavy (non-hydrogen) atoms. The van der Waals surface area contributed by atoms with Crippen LogP contribution in [0.2, 0.25) is 0 Å². The van der Waals surface area contributed by atoms with Gasteiger partial charge in [-0.2, -0.15) is 18.4 Å². The van der Waals surface area contributed by atoms with E-state index in [0.717, 1.165) is 49.8 Å². The fraction of sp³-hybridized carbons (Fsp3) is 0.500. The summed E-state index contributed by atoms with van der Waals surface area (Å²) in [6.07, 6.45) is 0.210. The van der Waals surface area contributed by atoms with Crippen LogP contribution >= 0.6 is 0 Å². The highest BCUT2D eigenvalue weighted by Crippen LogP contribution is 2.40. The maximum atomic E-state index is 12.5. The van der Waals surface area contributed by atoms with Gasteiger partial charge in [0.25, 0.3) is 0 Å². The highest BCUT2D eigenvalue weighted by molar-refractivity contribution is 5.35. The molecule has 0 amide bonds. The highest BCUT2D eigenvalue weighted by atomic mass is 19.4. The van der Waals surface area contributed by atoms with Crippen molar-refractivity contribution in [2.24, 2.45) is 0 Å². The van der Waals surface area contributed by atoms with E-state index in [2.05, 4.69) is 6.07 Å². The largest absolute Gasteiger partial charge is 0.416 e. The highest BCUT2D eigenvalue weighted by Gasteiger charge is 2.35. The smallest absolute Gasteiger partial charge is 0.197 e. The lowest BCUT2D eigenvalue weighted by Crippen LogP contribution is -2.27. The van der Waals surface area contributed by atoms with Crippen molar-refractivity contribution in [3.63, 3.8) is 0 Å². The van der Waals surface area contributed by atoms with Crippen molar-refractivity contribution in [2.75, 3.05) is 0 Å². The van der Waals surface area contributed by atoms with Crippen molar-refractivity contribution in [3.8, 4) is 6.07 Å². The molecule has 4 heteroatoms. The van der Waals surface area contributed by atoms with Crippen LogP contribution in [0, 0.1) is 11.3 Å². The minimum atomic E-state index is -4.31. The Morgan fingerprint density at radius 2 is 1.56 bits per heavy atom. The third-order valence-corrected chi connectivity index (χ3v) is 3.69. The molecule has 0 N–H and O–H groups in total. The Morgan fingerprint density at radius 1 is 1.00 bits per heavy atom. The maximum absolute atomic E-state index is 12.5. The summed E-state index contributed by atoms with van der Waals surface area (Å²) >= 11 is 0. The number of halogens is 3. The first-order valence-electron chi connectivity index (χ1n) is 6.07. The van der Waals surface area contributed by atoms with E-state index in [1.165, 1.54) is 12.1 Å². The van der Waals surface area contributed by atoms with Gasteiger partial charge in [0.05, 0.1) is 17.0 Å². The molecular formula is C14H14F3N. The molecule has 0 atom stereocenters. The topological polar surface area (TPSA) is 23.8 Å². The summed E-state index contributed by atoms with van der Waals surface area (Å²) in [5, 5.41) is 9.35. The predicted octanol–water partition coefficient (Wildman–Crippen LogP) is 4.43. The zero-order valence-corrected chi connectivity index (χ0v) is 9.93. The molecule has 0 heterocycles. The van der Waals surface area contributed by atoms with Crippen molar-refractivity contribution < 1.29 is 13.2 Å².